The topological polar surface area (TPSA) is 46.4 Å². The van der Waals surface area contributed by atoms with Crippen LogP contribution in [-0.4, -0.2) is 22.3 Å². The zero-order valence-corrected chi connectivity index (χ0v) is 9.38. The Hall–Kier alpha value is -1.43. The molecule has 4 nitrogen and oxygen atoms in total. The van der Waals surface area contributed by atoms with Gasteiger partial charge in [0.1, 0.15) is 6.33 Å². The molecule has 1 N–H and O–H groups in total. The number of aromatic nitrogens is 2. The Balaban J connectivity index is 2.72. The molecule has 1 amide bonds. The monoisotopic (exact) mass is 271 g/mol. The Morgan fingerprint density at radius 1 is 1.60 bits per heavy atom. The van der Waals surface area contributed by atoms with E-state index in [1.54, 1.807) is 12.1 Å². The number of nitrogens with one attached hydrogen (secondary N) is 1. The maximum Gasteiger partial charge on any atom is 0.271 e. The van der Waals surface area contributed by atoms with Crippen LogP contribution in [0.15, 0.2) is 22.9 Å². The molecule has 0 bridgehead atoms. The van der Waals surface area contributed by atoms with Crippen molar-refractivity contribution < 1.29 is 9.18 Å². The Morgan fingerprint density at radius 2 is 2.33 bits per heavy atom. The van der Waals surface area contributed by atoms with Crippen molar-refractivity contribution in [3.05, 3.63) is 34.6 Å². The van der Waals surface area contributed by atoms with Gasteiger partial charge in [0.15, 0.2) is 5.69 Å². The first-order chi connectivity index (χ1) is 7.15. The number of pyridine rings is 1. The maximum absolute atomic E-state index is 13.5. The van der Waals surface area contributed by atoms with E-state index in [9.17, 15) is 9.18 Å². The van der Waals surface area contributed by atoms with E-state index in [1.165, 1.54) is 17.8 Å². The summed E-state index contributed by atoms with van der Waals surface area (Å²) < 4.78 is 15.1. The lowest BCUT2D eigenvalue weighted by atomic mass is 10.3. The smallest absolute Gasteiger partial charge is 0.271 e. The predicted molar refractivity (Wildman–Crippen MR) is 56.2 cm³/mol. The highest BCUT2D eigenvalue weighted by Gasteiger charge is 2.14. The molecule has 0 saturated heterocycles. The third-order valence-electron chi connectivity index (χ3n) is 2.04. The van der Waals surface area contributed by atoms with Gasteiger partial charge in [-0.05, 0) is 28.1 Å². The highest BCUT2D eigenvalue weighted by molar-refractivity contribution is 9.10. The summed E-state index contributed by atoms with van der Waals surface area (Å²) in [5, 5.41) is 2.44. The Morgan fingerprint density at radius 3 is 3.00 bits per heavy atom. The summed E-state index contributed by atoms with van der Waals surface area (Å²) in [7, 11) is 1.50. The number of rotatable bonds is 1. The molecule has 0 fully saturated rings. The summed E-state index contributed by atoms with van der Waals surface area (Å²) in [5.41, 5.74) is 0.652. The van der Waals surface area contributed by atoms with Gasteiger partial charge in [-0.1, -0.05) is 0 Å². The molecular formula is C9H7BrFN3O. The zero-order valence-electron chi connectivity index (χ0n) is 7.79. The first kappa shape index (κ1) is 10.1. The van der Waals surface area contributed by atoms with E-state index in [0.717, 1.165) is 0 Å². The van der Waals surface area contributed by atoms with E-state index in [1.807, 2.05) is 0 Å². The third-order valence-corrected chi connectivity index (χ3v) is 2.63. The lowest BCUT2D eigenvalue weighted by Gasteiger charge is -2.00. The minimum absolute atomic E-state index is 0.212. The number of carbonyl (C=O) groups is 1. The Labute approximate surface area is 93.2 Å². The van der Waals surface area contributed by atoms with Crippen molar-refractivity contribution in [3.63, 3.8) is 0 Å². The number of hydrogen-bond donors (Lipinski definition) is 1. The molecule has 0 aromatic carbocycles. The molecule has 6 heteroatoms. The molecule has 0 spiro atoms. The summed E-state index contributed by atoms with van der Waals surface area (Å²) in [5.74, 6) is -0.811. The molecule has 0 unspecified atom stereocenters. The van der Waals surface area contributed by atoms with E-state index in [0.29, 0.717) is 9.99 Å². The van der Waals surface area contributed by atoms with Gasteiger partial charge in [0.2, 0.25) is 5.95 Å². The highest BCUT2D eigenvalue weighted by Crippen LogP contribution is 2.19. The van der Waals surface area contributed by atoms with E-state index in [2.05, 4.69) is 26.2 Å². The Kier molecular flexibility index (Phi) is 2.44. The van der Waals surface area contributed by atoms with Crippen molar-refractivity contribution >= 4 is 27.4 Å². The summed E-state index contributed by atoms with van der Waals surface area (Å²) in [6.07, 6.45) is 1.28. The van der Waals surface area contributed by atoms with Gasteiger partial charge in [-0.2, -0.15) is 4.39 Å². The fourth-order valence-electron chi connectivity index (χ4n) is 1.30. The van der Waals surface area contributed by atoms with Crippen LogP contribution < -0.4 is 5.32 Å². The van der Waals surface area contributed by atoms with Crippen LogP contribution >= 0.6 is 15.9 Å². The fourth-order valence-corrected chi connectivity index (χ4v) is 1.63. The molecule has 2 aromatic rings. The molecule has 0 radical (unpaired) electrons. The van der Waals surface area contributed by atoms with Crippen LogP contribution in [0.3, 0.4) is 0 Å². The number of fused-ring (bicyclic) bond motifs is 1. The Bertz CT molecular complexity index is 537. The van der Waals surface area contributed by atoms with E-state index >= 15 is 0 Å². The molecule has 0 saturated carbocycles. The van der Waals surface area contributed by atoms with Gasteiger partial charge in [-0.3, -0.25) is 9.20 Å². The van der Waals surface area contributed by atoms with Crippen LogP contribution in [0.25, 0.3) is 5.52 Å². The minimum atomic E-state index is -0.477. The second-order valence-corrected chi connectivity index (χ2v) is 3.75. The van der Waals surface area contributed by atoms with Crippen LogP contribution in [0.2, 0.25) is 0 Å². The summed E-state index contributed by atoms with van der Waals surface area (Å²) in [6.45, 7) is 0. The van der Waals surface area contributed by atoms with Crippen molar-refractivity contribution in [2.45, 2.75) is 0 Å². The first-order valence-corrected chi connectivity index (χ1v) is 4.97. The van der Waals surface area contributed by atoms with Crippen molar-refractivity contribution in [1.82, 2.24) is 14.7 Å². The second-order valence-electron chi connectivity index (χ2n) is 2.90. The number of hydrogen-bond acceptors (Lipinski definition) is 2. The van der Waals surface area contributed by atoms with Crippen LogP contribution in [-0.2, 0) is 0 Å². The number of amides is 1. The van der Waals surface area contributed by atoms with Gasteiger partial charge in [0.05, 0.1) is 9.99 Å². The SMILES string of the molecule is CNC(=O)c1ncn2c(F)c(Br)ccc12. The third kappa shape index (κ3) is 1.50. The number of halogens is 2. The number of imidazole rings is 1. The molecular weight excluding hydrogens is 265 g/mol. The van der Waals surface area contributed by atoms with Gasteiger partial charge in [0.25, 0.3) is 5.91 Å². The molecule has 2 rings (SSSR count). The average Bonchev–Trinajstić information content (AvgIpc) is 2.66. The molecule has 15 heavy (non-hydrogen) atoms. The van der Waals surface area contributed by atoms with Gasteiger partial charge < -0.3 is 5.32 Å². The molecule has 0 aliphatic rings. The van der Waals surface area contributed by atoms with E-state index in [-0.39, 0.29) is 11.6 Å². The minimum Gasteiger partial charge on any atom is -0.354 e. The van der Waals surface area contributed by atoms with E-state index in [4.69, 9.17) is 0 Å². The maximum atomic E-state index is 13.5. The van der Waals surface area contributed by atoms with Gasteiger partial charge in [-0.15, -0.1) is 0 Å². The van der Waals surface area contributed by atoms with Gasteiger partial charge >= 0.3 is 0 Å². The first-order valence-electron chi connectivity index (χ1n) is 4.18. The van der Waals surface area contributed by atoms with Crippen molar-refractivity contribution in [1.29, 1.82) is 0 Å². The molecule has 0 aliphatic carbocycles. The largest absolute Gasteiger partial charge is 0.354 e. The molecule has 0 aliphatic heterocycles. The molecule has 2 heterocycles. The van der Waals surface area contributed by atoms with E-state index < -0.39 is 5.95 Å². The van der Waals surface area contributed by atoms with Crippen LogP contribution in [0.4, 0.5) is 4.39 Å². The van der Waals surface area contributed by atoms with Crippen LogP contribution in [0.5, 0.6) is 0 Å². The van der Waals surface area contributed by atoms with Crippen molar-refractivity contribution in [2.75, 3.05) is 7.05 Å². The van der Waals surface area contributed by atoms with Gasteiger partial charge in [0, 0.05) is 7.05 Å². The quantitative estimate of drug-likeness (QED) is 0.801. The summed E-state index contributed by atoms with van der Waals surface area (Å²) >= 11 is 3.06. The van der Waals surface area contributed by atoms with Crippen molar-refractivity contribution in [2.24, 2.45) is 0 Å². The molecule has 0 atom stereocenters. The fraction of sp³-hybridized carbons (Fsp3) is 0.111. The van der Waals surface area contributed by atoms with Crippen molar-refractivity contribution in [3.8, 4) is 0 Å². The summed E-state index contributed by atoms with van der Waals surface area (Å²) in [4.78, 5) is 15.2. The normalized spacial score (nSPS) is 10.6. The number of nitrogens with zero attached hydrogens (tertiary/aromatic N) is 2. The lowest BCUT2D eigenvalue weighted by Crippen LogP contribution is -2.18. The predicted octanol–water partition coefficient (Wildman–Crippen LogP) is 1.60. The van der Waals surface area contributed by atoms with Gasteiger partial charge in [-0.25, -0.2) is 4.98 Å². The zero-order chi connectivity index (χ0) is 11.0. The molecule has 2 aromatic heterocycles. The standard InChI is InChI=1S/C9H7BrFN3O/c1-12-9(15)7-6-3-2-5(10)8(11)14(6)4-13-7/h2-4H,1H3,(H,12,15). The van der Waals surface area contributed by atoms with Crippen LogP contribution in [0, 0.1) is 5.95 Å². The second kappa shape index (κ2) is 3.62. The number of carbonyl (C=O) groups excluding carboxylic acids is 1. The highest BCUT2D eigenvalue weighted by atomic mass is 79.9. The molecule has 78 valence electrons. The summed E-state index contributed by atoms with van der Waals surface area (Å²) in [6, 6.07) is 3.17. The lowest BCUT2D eigenvalue weighted by molar-refractivity contribution is 0.0960. The average molecular weight is 272 g/mol. The van der Waals surface area contributed by atoms with Crippen LogP contribution in [0.1, 0.15) is 10.5 Å².